The number of nitriles is 1. The first-order chi connectivity index (χ1) is 7.58. The highest BCUT2D eigenvalue weighted by molar-refractivity contribution is 7.17. The molecule has 3 nitrogen and oxygen atoms in total. The Labute approximate surface area is 104 Å². The summed E-state index contributed by atoms with van der Waals surface area (Å²) in [6.07, 6.45) is 0. The lowest BCUT2D eigenvalue weighted by Crippen LogP contribution is -2.33. The molecule has 0 aromatic carbocycles. The first-order valence-electron chi connectivity index (χ1n) is 5.02. The number of nitrogens with zero attached hydrogens (tertiary/aromatic N) is 2. The molecule has 0 radical (unpaired) electrons. The zero-order valence-electron chi connectivity index (χ0n) is 9.24. The van der Waals surface area contributed by atoms with Crippen molar-refractivity contribution in [1.82, 2.24) is 4.90 Å². The molecule has 0 bridgehead atoms. The Morgan fingerprint density at radius 2 is 2.38 bits per heavy atom. The molecular weight excluding hydrogens is 244 g/mol. The molecule has 5 heteroatoms. The second-order valence-electron chi connectivity index (χ2n) is 3.48. The average Bonchev–Trinajstić information content (AvgIpc) is 2.71. The predicted octanol–water partition coefficient (Wildman–Crippen LogP) is 3.02. The maximum atomic E-state index is 12.0. The van der Waals surface area contributed by atoms with Gasteiger partial charge in [0.25, 0.3) is 5.91 Å². The first kappa shape index (κ1) is 13.0. The maximum Gasteiger partial charge on any atom is 0.264 e. The average molecular weight is 257 g/mol. The fourth-order valence-corrected chi connectivity index (χ4v) is 2.32. The van der Waals surface area contributed by atoms with E-state index in [-0.39, 0.29) is 11.8 Å². The van der Waals surface area contributed by atoms with Gasteiger partial charge in [-0.15, -0.1) is 11.3 Å². The molecule has 16 heavy (non-hydrogen) atoms. The summed E-state index contributed by atoms with van der Waals surface area (Å²) in [5.74, 6) is -0.208. The standard InChI is InChI=1S/C11H13ClN2OS/c1-3-14(7-8(2)6-13)11(15)9-4-5-10(12)16-9/h4-5,8H,3,7H2,1-2H3. The lowest BCUT2D eigenvalue weighted by Gasteiger charge is -2.21. The van der Waals surface area contributed by atoms with Gasteiger partial charge in [0.15, 0.2) is 0 Å². The molecule has 1 unspecified atom stereocenters. The summed E-state index contributed by atoms with van der Waals surface area (Å²) >= 11 is 7.05. The molecule has 1 atom stereocenters. The summed E-state index contributed by atoms with van der Waals surface area (Å²) in [6, 6.07) is 5.55. The van der Waals surface area contributed by atoms with E-state index in [1.807, 2.05) is 6.92 Å². The van der Waals surface area contributed by atoms with Crippen molar-refractivity contribution in [3.05, 3.63) is 21.3 Å². The molecule has 1 rings (SSSR count). The van der Waals surface area contributed by atoms with Gasteiger partial charge in [0.05, 0.1) is 21.2 Å². The van der Waals surface area contributed by atoms with Crippen molar-refractivity contribution in [2.75, 3.05) is 13.1 Å². The zero-order valence-corrected chi connectivity index (χ0v) is 10.8. The summed E-state index contributed by atoms with van der Waals surface area (Å²) in [5, 5.41) is 8.73. The van der Waals surface area contributed by atoms with Gasteiger partial charge in [0, 0.05) is 13.1 Å². The molecule has 0 N–H and O–H groups in total. The SMILES string of the molecule is CCN(CC(C)C#N)C(=O)c1ccc(Cl)s1. The maximum absolute atomic E-state index is 12.0. The van der Waals surface area contributed by atoms with E-state index in [4.69, 9.17) is 16.9 Å². The van der Waals surface area contributed by atoms with Crippen LogP contribution in [0.25, 0.3) is 0 Å². The van der Waals surface area contributed by atoms with Gasteiger partial charge in [-0.3, -0.25) is 4.79 Å². The van der Waals surface area contributed by atoms with E-state index in [2.05, 4.69) is 6.07 Å². The van der Waals surface area contributed by atoms with Crippen LogP contribution in [0.2, 0.25) is 4.34 Å². The van der Waals surface area contributed by atoms with Gasteiger partial charge in [0.1, 0.15) is 0 Å². The van der Waals surface area contributed by atoms with Gasteiger partial charge in [-0.1, -0.05) is 11.6 Å². The fraction of sp³-hybridized carbons (Fsp3) is 0.455. The Bertz CT molecular complexity index is 410. The van der Waals surface area contributed by atoms with E-state index in [0.29, 0.717) is 22.3 Å². The van der Waals surface area contributed by atoms with Gasteiger partial charge in [0.2, 0.25) is 0 Å². The van der Waals surface area contributed by atoms with Crippen molar-refractivity contribution in [3.8, 4) is 6.07 Å². The van der Waals surface area contributed by atoms with Gasteiger partial charge in [-0.2, -0.15) is 5.26 Å². The van der Waals surface area contributed by atoms with Gasteiger partial charge < -0.3 is 4.90 Å². The summed E-state index contributed by atoms with van der Waals surface area (Å²) in [7, 11) is 0. The van der Waals surface area contributed by atoms with Crippen LogP contribution in [0.4, 0.5) is 0 Å². The molecule has 1 aromatic rings. The molecule has 0 fully saturated rings. The highest BCUT2D eigenvalue weighted by Gasteiger charge is 2.17. The summed E-state index contributed by atoms with van der Waals surface area (Å²) in [6.45, 7) is 4.76. The number of rotatable bonds is 4. The van der Waals surface area contributed by atoms with Crippen LogP contribution in [0.15, 0.2) is 12.1 Å². The third kappa shape index (κ3) is 3.22. The minimum atomic E-state index is -0.153. The largest absolute Gasteiger partial charge is 0.337 e. The molecule has 86 valence electrons. The van der Waals surface area contributed by atoms with Gasteiger partial charge in [-0.25, -0.2) is 0 Å². The fourth-order valence-electron chi connectivity index (χ4n) is 1.31. The number of carbonyl (C=O) groups excluding carboxylic acids is 1. The van der Waals surface area contributed by atoms with Crippen LogP contribution in [0, 0.1) is 17.2 Å². The third-order valence-electron chi connectivity index (χ3n) is 2.17. The number of amides is 1. The highest BCUT2D eigenvalue weighted by atomic mass is 35.5. The van der Waals surface area contributed by atoms with Crippen molar-refractivity contribution in [3.63, 3.8) is 0 Å². The van der Waals surface area contributed by atoms with E-state index >= 15 is 0 Å². The number of halogens is 1. The van der Waals surface area contributed by atoms with Crippen LogP contribution in [-0.2, 0) is 0 Å². The topological polar surface area (TPSA) is 44.1 Å². The molecule has 0 aliphatic heterocycles. The number of hydrogen-bond donors (Lipinski definition) is 0. The second kappa shape index (κ2) is 5.88. The Hall–Kier alpha value is -1.05. The van der Waals surface area contributed by atoms with Crippen LogP contribution < -0.4 is 0 Å². The molecule has 0 aliphatic carbocycles. The Morgan fingerprint density at radius 1 is 1.69 bits per heavy atom. The van der Waals surface area contributed by atoms with Crippen LogP contribution in [0.1, 0.15) is 23.5 Å². The molecule has 1 heterocycles. The highest BCUT2D eigenvalue weighted by Crippen LogP contribution is 2.22. The molecule has 1 aromatic heterocycles. The quantitative estimate of drug-likeness (QED) is 0.831. The van der Waals surface area contributed by atoms with Crippen LogP contribution in [-0.4, -0.2) is 23.9 Å². The van der Waals surface area contributed by atoms with Crippen LogP contribution >= 0.6 is 22.9 Å². The van der Waals surface area contributed by atoms with Crippen molar-refractivity contribution < 1.29 is 4.79 Å². The zero-order chi connectivity index (χ0) is 12.1. The van der Waals surface area contributed by atoms with Crippen molar-refractivity contribution in [2.24, 2.45) is 5.92 Å². The monoisotopic (exact) mass is 256 g/mol. The molecule has 1 amide bonds. The molecule has 0 aliphatic rings. The summed E-state index contributed by atoms with van der Waals surface area (Å²) in [5.41, 5.74) is 0. The normalized spacial score (nSPS) is 11.9. The van der Waals surface area contributed by atoms with E-state index in [0.717, 1.165) is 0 Å². The van der Waals surface area contributed by atoms with Crippen LogP contribution in [0.3, 0.4) is 0 Å². The molecule has 0 saturated carbocycles. The third-order valence-corrected chi connectivity index (χ3v) is 3.39. The van der Waals surface area contributed by atoms with Crippen molar-refractivity contribution >= 4 is 28.8 Å². The number of thiophene rings is 1. The summed E-state index contributed by atoms with van der Waals surface area (Å²) in [4.78, 5) is 14.3. The Morgan fingerprint density at radius 3 is 2.81 bits per heavy atom. The lowest BCUT2D eigenvalue weighted by atomic mass is 10.2. The predicted molar refractivity (Wildman–Crippen MR) is 65.7 cm³/mol. The van der Waals surface area contributed by atoms with Gasteiger partial charge >= 0.3 is 0 Å². The summed E-state index contributed by atoms with van der Waals surface area (Å²) < 4.78 is 0.604. The van der Waals surface area contributed by atoms with E-state index in [9.17, 15) is 4.79 Å². The number of hydrogen-bond acceptors (Lipinski definition) is 3. The molecular formula is C11H13ClN2OS. The van der Waals surface area contributed by atoms with Crippen molar-refractivity contribution in [2.45, 2.75) is 13.8 Å². The smallest absolute Gasteiger partial charge is 0.264 e. The Kier molecular flexibility index (Phi) is 4.78. The second-order valence-corrected chi connectivity index (χ2v) is 5.19. The molecule has 0 spiro atoms. The van der Waals surface area contributed by atoms with Gasteiger partial charge in [-0.05, 0) is 26.0 Å². The van der Waals surface area contributed by atoms with E-state index in [1.165, 1.54) is 11.3 Å². The lowest BCUT2D eigenvalue weighted by molar-refractivity contribution is 0.0757. The first-order valence-corrected chi connectivity index (χ1v) is 6.22. The van der Waals surface area contributed by atoms with E-state index in [1.54, 1.807) is 24.0 Å². The number of carbonyl (C=O) groups is 1. The Balaban J connectivity index is 2.74. The van der Waals surface area contributed by atoms with Crippen LogP contribution in [0.5, 0.6) is 0 Å². The molecule has 0 saturated heterocycles. The minimum absolute atomic E-state index is 0.0542. The van der Waals surface area contributed by atoms with Crippen molar-refractivity contribution in [1.29, 1.82) is 5.26 Å². The minimum Gasteiger partial charge on any atom is -0.337 e. The van der Waals surface area contributed by atoms with E-state index < -0.39 is 0 Å².